The van der Waals surface area contributed by atoms with Gasteiger partial charge in [0.05, 0.1) is 22.8 Å². The SMILES string of the molecule is CN1CCOc2cc(S(=O)(=O)Nc3cccc4c3CNCC4)ccc21.Cl. The Morgan fingerprint density at radius 2 is 2.08 bits per heavy atom. The van der Waals surface area contributed by atoms with Crippen LogP contribution in [0.5, 0.6) is 5.75 Å². The maximum atomic E-state index is 12.9. The van der Waals surface area contributed by atoms with Gasteiger partial charge in [-0.15, -0.1) is 12.4 Å². The van der Waals surface area contributed by atoms with E-state index in [1.165, 1.54) is 5.56 Å². The van der Waals surface area contributed by atoms with Crippen molar-refractivity contribution in [2.45, 2.75) is 17.9 Å². The summed E-state index contributed by atoms with van der Waals surface area (Å²) in [5, 5.41) is 3.29. The molecule has 0 fully saturated rings. The number of anilines is 2. The van der Waals surface area contributed by atoms with E-state index in [0.29, 0.717) is 24.6 Å². The summed E-state index contributed by atoms with van der Waals surface area (Å²) in [5.74, 6) is 0.605. The molecule has 2 aliphatic rings. The average Bonchev–Trinajstić information content (AvgIpc) is 2.62. The van der Waals surface area contributed by atoms with Gasteiger partial charge in [-0.1, -0.05) is 12.1 Å². The van der Waals surface area contributed by atoms with Crippen molar-refractivity contribution < 1.29 is 13.2 Å². The number of ether oxygens (including phenoxy) is 1. The largest absolute Gasteiger partial charge is 0.490 e. The summed E-state index contributed by atoms with van der Waals surface area (Å²) in [5.41, 5.74) is 3.76. The van der Waals surface area contributed by atoms with Crippen molar-refractivity contribution in [1.29, 1.82) is 0 Å². The number of fused-ring (bicyclic) bond motifs is 2. The summed E-state index contributed by atoms with van der Waals surface area (Å²) in [4.78, 5) is 2.27. The van der Waals surface area contributed by atoms with Crippen LogP contribution in [0.15, 0.2) is 41.3 Å². The number of halogens is 1. The Bertz CT molecular complexity index is 918. The van der Waals surface area contributed by atoms with Crippen LogP contribution in [0, 0.1) is 0 Å². The third-order valence-corrected chi connectivity index (χ3v) is 6.09. The Morgan fingerprint density at radius 3 is 2.92 bits per heavy atom. The molecule has 2 heterocycles. The Morgan fingerprint density at radius 1 is 1.23 bits per heavy atom. The van der Waals surface area contributed by atoms with E-state index >= 15 is 0 Å². The molecule has 8 heteroatoms. The molecule has 0 spiro atoms. The van der Waals surface area contributed by atoms with Crippen molar-refractivity contribution in [2.24, 2.45) is 0 Å². The van der Waals surface area contributed by atoms with Gasteiger partial charge in [0.2, 0.25) is 0 Å². The normalized spacial score (nSPS) is 16.0. The van der Waals surface area contributed by atoms with Crippen LogP contribution in [-0.2, 0) is 23.0 Å². The summed E-state index contributed by atoms with van der Waals surface area (Å²) in [6.45, 7) is 2.93. The Kier molecular flexibility index (Phi) is 5.32. The maximum absolute atomic E-state index is 12.9. The predicted molar refractivity (Wildman–Crippen MR) is 105 cm³/mol. The van der Waals surface area contributed by atoms with Gasteiger partial charge in [0, 0.05) is 19.7 Å². The molecular formula is C18H22ClN3O3S. The zero-order chi connectivity index (χ0) is 17.4. The van der Waals surface area contributed by atoms with Crippen LogP contribution < -0.4 is 19.7 Å². The van der Waals surface area contributed by atoms with Crippen molar-refractivity contribution in [3.63, 3.8) is 0 Å². The lowest BCUT2D eigenvalue weighted by Crippen LogP contribution is -2.29. The first kappa shape index (κ1) is 18.8. The first-order valence-corrected chi connectivity index (χ1v) is 9.85. The van der Waals surface area contributed by atoms with Gasteiger partial charge >= 0.3 is 0 Å². The first-order chi connectivity index (χ1) is 12.0. The first-order valence-electron chi connectivity index (χ1n) is 8.37. The molecule has 140 valence electrons. The molecule has 2 aliphatic heterocycles. The average molecular weight is 396 g/mol. The maximum Gasteiger partial charge on any atom is 0.262 e. The quantitative estimate of drug-likeness (QED) is 0.835. The standard InChI is InChI=1S/C18H21N3O3S.ClH/c1-21-9-10-24-18-11-14(5-6-17(18)21)25(22,23)20-16-4-2-3-13-7-8-19-12-15(13)16;/h2-6,11,19-20H,7-10,12H2,1H3;1H. The van der Waals surface area contributed by atoms with E-state index in [4.69, 9.17) is 4.74 Å². The number of benzene rings is 2. The minimum atomic E-state index is -3.67. The molecule has 0 atom stereocenters. The second-order valence-corrected chi connectivity index (χ2v) is 8.06. The molecule has 0 bridgehead atoms. The van der Waals surface area contributed by atoms with Crippen molar-refractivity contribution in [2.75, 3.05) is 36.4 Å². The fourth-order valence-electron chi connectivity index (χ4n) is 3.32. The number of rotatable bonds is 3. The molecule has 0 aromatic heterocycles. The number of hydrogen-bond acceptors (Lipinski definition) is 5. The van der Waals surface area contributed by atoms with Gasteiger partial charge in [-0.25, -0.2) is 8.42 Å². The Hall–Kier alpha value is -1.96. The molecule has 2 aromatic carbocycles. The fraction of sp³-hybridized carbons (Fsp3) is 0.333. The smallest absolute Gasteiger partial charge is 0.262 e. The molecule has 4 rings (SSSR count). The summed E-state index contributed by atoms with van der Waals surface area (Å²) in [7, 11) is -1.70. The summed E-state index contributed by atoms with van der Waals surface area (Å²) >= 11 is 0. The molecule has 2 N–H and O–H groups in total. The minimum Gasteiger partial charge on any atom is -0.490 e. The fourth-order valence-corrected chi connectivity index (χ4v) is 4.43. The lowest BCUT2D eigenvalue weighted by atomic mass is 10.00. The van der Waals surface area contributed by atoms with Crippen molar-refractivity contribution in [3.05, 3.63) is 47.5 Å². The molecule has 0 aliphatic carbocycles. The molecule has 0 radical (unpaired) electrons. The summed E-state index contributed by atoms with van der Waals surface area (Å²) in [6.07, 6.45) is 0.907. The predicted octanol–water partition coefficient (Wildman–Crippen LogP) is 2.38. The van der Waals surface area contributed by atoms with E-state index in [1.807, 2.05) is 19.2 Å². The van der Waals surface area contributed by atoms with Gasteiger partial charge in [-0.2, -0.15) is 0 Å². The lowest BCUT2D eigenvalue weighted by Gasteiger charge is -2.28. The van der Waals surface area contributed by atoms with E-state index in [0.717, 1.165) is 30.8 Å². The van der Waals surface area contributed by atoms with E-state index in [1.54, 1.807) is 18.2 Å². The zero-order valence-corrected chi connectivity index (χ0v) is 16.1. The van der Waals surface area contributed by atoms with Crippen LogP contribution in [0.3, 0.4) is 0 Å². The van der Waals surface area contributed by atoms with Crippen LogP contribution in [0.4, 0.5) is 11.4 Å². The third kappa shape index (κ3) is 3.47. The van der Waals surface area contributed by atoms with Gasteiger partial charge in [0.1, 0.15) is 12.4 Å². The third-order valence-electron chi connectivity index (χ3n) is 4.73. The minimum absolute atomic E-state index is 0. The topological polar surface area (TPSA) is 70.7 Å². The van der Waals surface area contributed by atoms with Crippen LogP contribution in [0.25, 0.3) is 0 Å². The van der Waals surface area contributed by atoms with Crippen molar-refractivity contribution in [3.8, 4) is 5.75 Å². The van der Waals surface area contributed by atoms with Crippen molar-refractivity contribution >= 4 is 33.8 Å². The molecule has 6 nitrogen and oxygen atoms in total. The van der Waals surface area contributed by atoms with Crippen LogP contribution in [-0.4, -0.2) is 35.2 Å². The van der Waals surface area contributed by atoms with Crippen LogP contribution in [0.2, 0.25) is 0 Å². The second-order valence-electron chi connectivity index (χ2n) is 6.38. The highest BCUT2D eigenvalue weighted by atomic mass is 35.5. The number of nitrogens with one attached hydrogen (secondary N) is 2. The van der Waals surface area contributed by atoms with Gasteiger partial charge in [0.15, 0.2) is 0 Å². The summed E-state index contributed by atoms with van der Waals surface area (Å²) in [6, 6.07) is 10.8. The van der Waals surface area contributed by atoms with Gasteiger partial charge in [-0.05, 0) is 42.3 Å². The van der Waals surface area contributed by atoms with Crippen LogP contribution in [0.1, 0.15) is 11.1 Å². The van der Waals surface area contributed by atoms with Crippen molar-refractivity contribution in [1.82, 2.24) is 5.32 Å². The Labute approximate surface area is 160 Å². The molecule has 2 aromatic rings. The Balaban J connectivity index is 0.00000196. The van der Waals surface area contributed by atoms with E-state index in [9.17, 15) is 8.42 Å². The molecule has 0 saturated heterocycles. The zero-order valence-electron chi connectivity index (χ0n) is 14.5. The van der Waals surface area contributed by atoms with Gasteiger partial charge in [0.25, 0.3) is 10.0 Å². The molecule has 0 unspecified atom stereocenters. The number of likely N-dealkylation sites (N-methyl/N-ethyl adjacent to an activating group) is 1. The van der Waals surface area contributed by atoms with Crippen LogP contribution >= 0.6 is 12.4 Å². The highest BCUT2D eigenvalue weighted by molar-refractivity contribution is 7.92. The van der Waals surface area contributed by atoms with Gasteiger partial charge in [-0.3, -0.25) is 4.72 Å². The second kappa shape index (κ2) is 7.34. The van der Waals surface area contributed by atoms with E-state index < -0.39 is 10.0 Å². The highest BCUT2D eigenvalue weighted by Crippen LogP contribution is 2.34. The molecular weight excluding hydrogens is 374 g/mol. The van der Waals surface area contributed by atoms with E-state index in [2.05, 4.69) is 21.0 Å². The molecule has 26 heavy (non-hydrogen) atoms. The monoisotopic (exact) mass is 395 g/mol. The number of nitrogens with zero attached hydrogens (tertiary/aromatic N) is 1. The van der Waals surface area contributed by atoms with Gasteiger partial charge < -0.3 is 15.0 Å². The number of sulfonamides is 1. The van der Waals surface area contributed by atoms with E-state index in [-0.39, 0.29) is 17.3 Å². The highest BCUT2D eigenvalue weighted by Gasteiger charge is 2.22. The summed E-state index contributed by atoms with van der Waals surface area (Å²) < 4.78 is 34.1. The molecule has 0 saturated carbocycles. The lowest BCUT2D eigenvalue weighted by molar-refractivity contribution is 0.310. The number of hydrogen-bond donors (Lipinski definition) is 2. The molecule has 0 amide bonds.